The van der Waals surface area contributed by atoms with E-state index >= 15 is 0 Å². The number of carbonyl (C=O) groups is 1. The first-order valence-electron chi connectivity index (χ1n) is 6.91. The highest BCUT2D eigenvalue weighted by atomic mass is 79.9. The van der Waals surface area contributed by atoms with Crippen molar-refractivity contribution in [2.75, 3.05) is 31.2 Å². The molecule has 7 heteroatoms. The molecule has 1 amide bonds. The fraction of sp³-hybridized carbons (Fsp3) is 0.267. The predicted octanol–water partition coefficient (Wildman–Crippen LogP) is 1.84. The molecule has 0 saturated carbocycles. The van der Waals surface area contributed by atoms with E-state index in [0.717, 1.165) is 10.0 Å². The number of hydrogen-bond donors (Lipinski definition) is 1. The summed E-state index contributed by atoms with van der Waals surface area (Å²) in [6.45, 7) is 2.64. The van der Waals surface area contributed by atoms with Gasteiger partial charge in [-0.15, -0.1) is 0 Å². The van der Waals surface area contributed by atoms with Crippen LogP contribution < -0.4 is 10.6 Å². The number of hydrogen-bond acceptors (Lipinski definition) is 5. The maximum atomic E-state index is 11.6. The van der Waals surface area contributed by atoms with Crippen LogP contribution in [0.1, 0.15) is 10.5 Å². The van der Waals surface area contributed by atoms with E-state index in [-0.39, 0.29) is 5.69 Å². The Bertz CT molecular complexity index is 684. The van der Waals surface area contributed by atoms with Gasteiger partial charge in [0.1, 0.15) is 5.69 Å². The Balaban J connectivity index is 2.03. The molecule has 0 atom stereocenters. The number of anilines is 1. The van der Waals surface area contributed by atoms with Crippen LogP contribution in [0.2, 0.25) is 0 Å². The van der Waals surface area contributed by atoms with E-state index in [4.69, 9.17) is 10.5 Å². The highest BCUT2D eigenvalue weighted by molar-refractivity contribution is 9.10. The average molecular weight is 363 g/mol. The molecule has 1 aromatic heterocycles. The maximum Gasteiger partial charge on any atom is 0.267 e. The number of amides is 1. The van der Waals surface area contributed by atoms with E-state index in [1.807, 2.05) is 29.2 Å². The zero-order chi connectivity index (χ0) is 15.5. The van der Waals surface area contributed by atoms with Crippen molar-refractivity contribution in [2.24, 2.45) is 5.73 Å². The van der Waals surface area contributed by atoms with Gasteiger partial charge in [-0.05, 0) is 18.2 Å². The number of aromatic nitrogens is 2. The zero-order valence-corrected chi connectivity index (χ0v) is 13.4. The minimum Gasteiger partial charge on any atom is -0.378 e. The molecule has 1 aromatic carbocycles. The predicted molar refractivity (Wildman–Crippen MR) is 86.7 cm³/mol. The summed E-state index contributed by atoms with van der Waals surface area (Å²) in [6, 6.07) is 9.33. The lowest BCUT2D eigenvalue weighted by molar-refractivity contribution is 0.0995. The van der Waals surface area contributed by atoms with Crippen molar-refractivity contribution in [1.82, 2.24) is 9.97 Å². The summed E-state index contributed by atoms with van der Waals surface area (Å²) in [5.74, 6) is -0.0483. The molecule has 0 aliphatic carbocycles. The van der Waals surface area contributed by atoms with Crippen LogP contribution in [0.5, 0.6) is 0 Å². The molecule has 1 aliphatic rings. The molecule has 0 unspecified atom stereocenters. The molecule has 0 radical (unpaired) electrons. The largest absolute Gasteiger partial charge is 0.378 e. The lowest BCUT2D eigenvalue weighted by Crippen LogP contribution is -2.37. The molecular formula is C15H15BrN4O2. The zero-order valence-electron chi connectivity index (χ0n) is 11.8. The van der Waals surface area contributed by atoms with E-state index in [1.54, 1.807) is 6.07 Å². The lowest BCUT2D eigenvalue weighted by atomic mass is 10.1. The van der Waals surface area contributed by atoms with E-state index in [9.17, 15) is 4.79 Å². The third kappa shape index (κ3) is 3.26. The van der Waals surface area contributed by atoms with Gasteiger partial charge in [-0.25, -0.2) is 9.97 Å². The van der Waals surface area contributed by atoms with Gasteiger partial charge in [-0.2, -0.15) is 0 Å². The van der Waals surface area contributed by atoms with E-state index in [2.05, 4.69) is 25.9 Å². The lowest BCUT2D eigenvalue weighted by Gasteiger charge is -2.27. The van der Waals surface area contributed by atoms with Gasteiger partial charge in [0.25, 0.3) is 5.91 Å². The smallest absolute Gasteiger partial charge is 0.267 e. The summed E-state index contributed by atoms with van der Waals surface area (Å²) in [5.41, 5.74) is 7.20. The monoisotopic (exact) mass is 362 g/mol. The van der Waals surface area contributed by atoms with Gasteiger partial charge in [0, 0.05) is 23.1 Å². The van der Waals surface area contributed by atoms with Gasteiger partial charge in [0.15, 0.2) is 0 Å². The van der Waals surface area contributed by atoms with Crippen molar-refractivity contribution >= 4 is 27.8 Å². The number of benzene rings is 1. The molecule has 1 aliphatic heterocycles. The first kappa shape index (κ1) is 14.9. The number of nitrogens with zero attached hydrogens (tertiary/aromatic N) is 3. The van der Waals surface area contributed by atoms with Gasteiger partial charge in [-0.1, -0.05) is 28.1 Å². The molecule has 22 heavy (non-hydrogen) atoms. The van der Waals surface area contributed by atoms with Crippen molar-refractivity contribution in [1.29, 1.82) is 0 Å². The SMILES string of the molecule is NC(=O)c1cc(-c2ccc(Br)cc2)nc(N2CCOCC2)n1. The van der Waals surface area contributed by atoms with Crippen molar-refractivity contribution < 1.29 is 9.53 Å². The van der Waals surface area contributed by atoms with Crippen LogP contribution in [0.4, 0.5) is 5.95 Å². The molecule has 114 valence electrons. The molecular weight excluding hydrogens is 348 g/mol. The first-order chi connectivity index (χ1) is 10.6. The topological polar surface area (TPSA) is 81.3 Å². The minimum absolute atomic E-state index is 0.217. The van der Waals surface area contributed by atoms with E-state index in [0.29, 0.717) is 37.9 Å². The van der Waals surface area contributed by atoms with Crippen LogP contribution in [0, 0.1) is 0 Å². The number of morpholine rings is 1. The second-order valence-corrected chi connectivity index (χ2v) is 5.82. The number of primary amides is 1. The highest BCUT2D eigenvalue weighted by Gasteiger charge is 2.17. The van der Waals surface area contributed by atoms with Gasteiger partial charge in [0.2, 0.25) is 5.95 Å². The molecule has 0 bridgehead atoms. The Labute approximate surface area is 136 Å². The summed E-state index contributed by atoms with van der Waals surface area (Å²) >= 11 is 3.40. The quantitative estimate of drug-likeness (QED) is 0.900. The second kappa shape index (κ2) is 6.41. The molecule has 6 nitrogen and oxygen atoms in total. The van der Waals surface area contributed by atoms with Crippen LogP contribution in [0.3, 0.4) is 0 Å². The fourth-order valence-electron chi connectivity index (χ4n) is 2.23. The van der Waals surface area contributed by atoms with E-state index in [1.165, 1.54) is 0 Å². The minimum atomic E-state index is -0.560. The third-order valence-corrected chi connectivity index (χ3v) is 3.93. The van der Waals surface area contributed by atoms with Crippen LogP contribution >= 0.6 is 15.9 Å². The van der Waals surface area contributed by atoms with Gasteiger partial charge >= 0.3 is 0 Å². The third-order valence-electron chi connectivity index (χ3n) is 3.40. The Morgan fingerprint density at radius 2 is 1.86 bits per heavy atom. The Morgan fingerprint density at radius 3 is 2.50 bits per heavy atom. The van der Waals surface area contributed by atoms with E-state index < -0.39 is 5.91 Å². The fourth-order valence-corrected chi connectivity index (χ4v) is 2.50. The van der Waals surface area contributed by atoms with Gasteiger partial charge < -0.3 is 15.4 Å². The van der Waals surface area contributed by atoms with Gasteiger partial charge in [-0.3, -0.25) is 4.79 Å². The molecule has 2 N–H and O–H groups in total. The Hall–Kier alpha value is -1.99. The van der Waals surface area contributed by atoms with Crippen LogP contribution in [-0.4, -0.2) is 42.2 Å². The number of ether oxygens (including phenoxy) is 1. The highest BCUT2D eigenvalue weighted by Crippen LogP contribution is 2.23. The average Bonchev–Trinajstić information content (AvgIpc) is 2.56. The Morgan fingerprint density at radius 1 is 1.18 bits per heavy atom. The Kier molecular flexibility index (Phi) is 4.35. The molecule has 1 fully saturated rings. The summed E-state index contributed by atoms with van der Waals surface area (Å²) in [4.78, 5) is 22.4. The number of rotatable bonds is 3. The van der Waals surface area contributed by atoms with Crippen molar-refractivity contribution in [3.8, 4) is 11.3 Å². The summed E-state index contributed by atoms with van der Waals surface area (Å²) in [5, 5.41) is 0. The first-order valence-corrected chi connectivity index (χ1v) is 7.70. The molecule has 1 saturated heterocycles. The van der Waals surface area contributed by atoms with Gasteiger partial charge in [0.05, 0.1) is 18.9 Å². The van der Waals surface area contributed by atoms with Crippen LogP contribution in [0.15, 0.2) is 34.8 Å². The summed E-state index contributed by atoms with van der Waals surface area (Å²) in [6.07, 6.45) is 0. The number of halogens is 1. The standard InChI is InChI=1S/C15H15BrN4O2/c16-11-3-1-10(2-4-11)12-9-13(14(17)21)19-15(18-12)20-5-7-22-8-6-20/h1-4,9H,5-8H2,(H2,17,21). The molecule has 3 rings (SSSR count). The normalized spacial score (nSPS) is 14.9. The summed E-state index contributed by atoms with van der Waals surface area (Å²) < 4.78 is 6.31. The molecule has 2 heterocycles. The molecule has 2 aromatic rings. The van der Waals surface area contributed by atoms with Crippen molar-refractivity contribution in [3.05, 3.63) is 40.5 Å². The van der Waals surface area contributed by atoms with Crippen molar-refractivity contribution in [3.63, 3.8) is 0 Å². The van der Waals surface area contributed by atoms with Crippen molar-refractivity contribution in [2.45, 2.75) is 0 Å². The van der Waals surface area contributed by atoms with Crippen LogP contribution in [0.25, 0.3) is 11.3 Å². The summed E-state index contributed by atoms with van der Waals surface area (Å²) in [7, 11) is 0. The van der Waals surface area contributed by atoms with Crippen LogP contribution in [-0.2, 0) is 4.74 Å². The number of nitrogens with two attached hydrogens (primary N) is 1. The molecule has 0 spiro atoms. The second-order valence-electron chi connectivity index (χ2n) is 4.91. The maximum absolute atomic E-state index is 11.6. The number of carbonyl (C=O) groups excluding carboxylic acids is 1.